The summed E-state index contributed by atoms with van der Waals surface area (Å²) in [6.07, 6.45) is 4.34. The van der Waals surface area contributed by atoms with Crippen LogP contribution in [-0.4, -0.2) is 38.6 Å². The van der Waals surface area contributed by atoms with Gasteiger partial charge >= 0.3 is 5.97 Å². The van der Waals surface area contributed by atoms with Crippen LogP contribution in [0.15, 0.2) is 0 Å². The molecule has 1 aliphatic carbocycles. The molecule has 0 saturated heterocycles. The van der Waals surface area contributed by atoms with Crippen LogP contribution >= 0.6 is 0 Å². The Hall–Kier alpha value is -0.570. The van der Waals surface area contributed by atoms with Gasteiger partial charge in [0, 0.05) is 6.54 Å². The molecule has 0 atom stereocenters. The molecule has 0 spiro atoms. The fourth-order valence-electron chi connectivity index (χ4n) is 2.26. The Balaban J connectivity index is 2.27. The number of nitrogens with zero attached hydrogens (tertiary/aromatic N) is 1. The molecule has 0 unspecified atom stereocenters. The lowest BCUT2D eigenvalue weighted by Crippen LogP contribution is -2.28. The van der Waals surface area contributed by atoms with E-state index in [1.807, 2.05) is 0 Å². The number of carbonyl (C=O) groups is 1. The average Bonchev–Trinajstić information content (AvgIpc) is 2.17. The number of hydrogen-bond donors (Lipinski definition) is 0. The Morgan fingerprint density at radius 1 is 1.29 bits per heavy atom. The number of hydrogen-bond acceptors (Lipinski definition) is 3. The third kappa shape index (κ3) is 3.29. The third-order valence-corrected chi connectivity index (χ3v) is 3.00. The van der Waals surface area contributed by atoms with Crippen molar-refractivity contribution in [3.8, 4) is 0 Å². The summed E-state index contributed by atoms with van der Waals surface area (Å²) in [7, 11) is 5.69. The van der Waals surface area contributed by atoms with Gasteiger partial charge in [-0.05, 0) is 45.7 Å². The van der Waals surface area contributed by atoms with Gasteiger partial charge in [-0.2, -0.15) is 0 Å². The van der Waals surface area contributed by atoms with Crippen molar-refractivity contribution < 1.29 is 9.53 Å². The quantitative estimate of drug-likeness (QED) is 0.646. The topological polar surface area (TPSA) is 29.5 Å². The maximum atomic E-state index is 11.3. The van der Waals surface area contributed by atoms with Crippen LogP contribution < -0.4 is 0 Å². The van der Waals surface area contributed by atoms with Crippen molar-refractivity contribution in [1.29, 1.82) is 0 Å². The second-order valence-electron chi connectivity index (χ2n) is 4.50. The van der Waals surface area contributed by atoms with Gasteiger partial charge in [0.05, 0.1) is 13.0 Å². The summed E-state index contributed by atoms with van der Waals surface area (Å²) in [5.74, 6) is 0.914. The van der Waals surface area contributed by atoms with Gasteiger partial charge in [-0.15, -0.1) is 0 Å². The number of methoxy groups -OCH3 is 1. The molecule has 0 aromatic carbocycles. The minimum atomic E-state index is -0.0201. The molecular weight excluding hydrogens is 178 g/mol. The van der Waals surface area contributed by atoms with Gasteiger partial charge in [0.1, 0.15) is 0 Å². The highest BCUT2D eigenvalue weighted by atomic mass is 16.5. The van der Waals surface area contributed by atoms with E-state index >= 15 is 0 Å². The van der Waals surface area contributed by atoms with E-state index in [0.29, 0.717) is 0 Å². The fraction of sp³-hybridized carbons (Fsp3) is 0.909. The molecule has 0 aliphatic heterocycles. The van der Waals surface area contributed by atoms with Gasteiger partial charge in [-0.3, -0.25) is 4.79 Å². The monoisotopic (exact) mass is 199 g/mol. The lowest BCUT2D eigenvalue weighted by Gasteiger charge is -2.28. The number of rotatable bonds is 3. The van der Waals surface area contributed by atoms with Crippen LogP contribution in [0.25, 0.3) is 0 Å². The lowest BCUT2D eigenvalue weighted by atomic mass is 9.82. The van der Waals surface area contributed by atoms with Crippen LogP contribution in [0.2, 0.25) is 0 Å². The molecule has 1 saturated carbocycles. The molecule has 0 radical (unpaired) electrons. The smallest absolute Gasteiger partial charge is 0.308 e. The first-order valence-corrected chi connectivity index (χ1v) is 5.36. The Labute approximate surface area is 86.4 Å². The van der Waals surface area contributed by atoms with E-state index < -0.39 is 0 Å². The lowest BCUT2D eigenvalue weighted by molar-refractivity contribution is -0.146. The summed E-state index contributed by atoms with van der Waals surface area (Å²) in [6, 6.07) is 0. The highest BCUT2D eigenvalue weighted by Gasteiger charge is 2.26. The minimum absolute atomic E-state index is 0.0201. The maximum absolute atomic E-state index is 11.3. The summed E-state index contributed by atoms with van der Waals surface area (Å²) in [5.41, 5.74) is 0. The predicted octanol–water partition coefficient (Wildman–Crippen LogP) is 1.53. The van der Waals surface area contributed by atoms with E-state index in [1.54, 1.807) is 0 Å². The van der Waals surface area contributed by atoms with Gasteiger partial charge in [0.15, 0.2) is 0 Å². The molecule has 0 aromatic heterocycles. The zero-order valence-corrected chi connectivity index (χ0v) is 9.45. The first kappa shape index (κ1) is 11.5. The van der Waals surface area contributed by atoms with E-state index in [9.17, 15) is 4.79 Å². The first-order chi connectivity index (χ1) is 6.63. The Kier molecular flexibility index (Phi) is 4.39. The van der Waals surface area contributed by atoms with Crippen molar-refractivity contribution in [3.63, 3.8) is 0 Å². The summed E-state index contributed by atoms with van der Waals surface area (Å²) in [4.78, 5) is 13.5. The molecule has 0 N–H and O–H groups in total. The van der Waals surface area contributed by atoms with Crippen molar-refractivity contribution in [2.45, 2.75) is 25.7 Å². The summed E-state index contributed by atoms with van der Waals surface area (Å²) < 4.78 is 4.76. The van der Waals surface area contributed by atoms with Crippen molar-refractivity contribution in [3.05, 3.63) is 0 Å². The molecule has 82 valence electrons. The van der Waals surface area contributed by atoms with Crippen LogP contribution in [0.1, 0.15) is 25.7 Å². The van der Waals surface area contributed by atoms with Crippen LogP contribution in [0.5, 0.6) is 0 Å². The van der Waals surface area contributed by atoms with E-state index in [4.69, 9.17) is 4.74 Å². The molecule has 0 heterocycles. The molecule has 3 nitrogen and oxygen atoms in total. The van der Waals surface area contributed by atoms with Crippen molar-refractivity contribution >= 4 is 5.97 Å². The highest BCUT2D eigenvalue weighted by Crippen LogP contribution is 2.29. The van der Waals surface area contributed by atoms with Crippen LogP contribution in [0, 0.1) is 11.8 Å². The largest absolute Gasteiger partial charge is 0.469 e. The molecule has 3 heteroatoms. The molecule has 14 heavy (non-hydrogen) atoms. The van der Waals surface area contributed by atoms with Gasteiger partial charge in [-0.25, -0.2) is 0 Å². The normalized spacial score (nSPS) is 27.7. The van der Waals surface area contributed by atoms with Crippen LogP contribution in [-0.2, 0) is 9.53 Å². The molecule has 1 rings (SSSR count). The van der Waals surface area contributed by atoms with E-state index in [2.05, 4.69) is 19.0 Å². The standard InChI is InChI=1S/C11H21NO2/c1-12(2)8-9-4-6-10(7-5-9)11(13)14-3/h9-10H,4-8H2,1-3H3. The Morgan fingerprint density at radius 3 is 2.29 bits per heavy atom. The minimum Gasteiger partial charge on any atom is -0.469 e. The molecule has 0 bridgehead atoms. The van der Waals surface area contributed by atoms with Crippen molar-refractivity contribution in [2.75, 3.05) is 27.7 Å². The number of carbonyl (C=O) groups excluding carboxylic acids is 1. The highest BCUT2D eigenvalue weighted by molar-refractivity contribution is 5.72. The van der Waals surface area contributed by atoms with Gasteiger partial charge in [0.25, 0.3) is 0 Å². The average molecular weight is 199 g/mol. The van der Waals surface area contributed by atoms with Crippen molar-refractivity contribution in [2.24, 2.45) is 11.8 Å². The first-order valence-electron chi connectivity index (χ1n) is 5.36. The van der Waals surface area contributed by atoms with Gasteiger partial charge in [-0.1, -0.05) is 0 Å². The second-order valence-corrected chi connectivity index (χ2v) is 4.50. The van der Waals surface area contributed by atoms with Crippen LogP contribution in [0.3, 0.4) is 0 Å². The zero-order chi connectivity index (χ0) is 10.6. The maximum Gasteiger partial charge on any atom is 0.308 e. The molecular formula is C11H21NO2. The van der Waals surface area contributed by atoms with E-state index in [0.717, 1.165) is 38.1 Å². The molecule has 1 fully saturated rings. The molecule has 0 aromatic rings. The van der Waals surface area contributed by atoms with E-state index in [1.165, 1.54) is 7.11 Å². The molecule has 0 amide bonds. The number of ether oxygens (including phenoxy) is 1. The fourth-order valence-corrected chi connectivity index (χ4v) is 2.26. The van der Waals surface area contributed by atoms with Crippen molar-refractivity contribution in [1.82, 2.24) is 4.90 Å². The Morgan fingerprint density at radius 2 is 1.86 bits per heavy atom. The number of esters is 1. The second kappa shape index (κ2) is 5.35. The summed E-state index contributed by atoms with van der Waals surface area (Å²) in [6.45, 7) is 1.15. The summed E-state index contributed by atoms with van der Waals surface area (Å²) in [5, 5.41) is 0. The van der Waals surface area contributed by atoms with Gasteiger partial charge < -0.3 is 9.64 Å². The third-order valence-electron chi connectivity index (χ3n) is 3.00. The summed E-state index contributed by atoms with van der Waals surface area (Å²) >= 11 is 0. The predicted molar refractivity (Wildman–Crippen MR) is 56.0 cm³/mol. The van der Waals surface area contributed by atoms with Gasteiger partial charge in [0.2, 0.25) is 0 Å². The van der Waals surface area contributed by atoms with Crippen LogP contribution in [0.4, 0.5) is 0 Å². The SMILES string of the molecule is COC(=O)C1CCC(CN(C)C)CC1. The van der Waals surface area contributed by atoms with E-state index in [-0.39, 0.29) is 11.9 Å². The Bertz CT molecular complexity index is 184. The zero-order valence-electron chi connectivity index (χ0n) is 9.45. The molecule has 1 aliphatic rings.